The summed E-state index contributed by atoms with van der Waals surface area (Å²) in [7, 11) is 0. The van der Waals surface area contributed by atoms with E-state index in [4.69, 9.17) is 29.0 Å². The van der Waals surface area contributed by atoms with Gasteiger partial charge in [-0.05, 0) is 60.8 Å². The first-order valence-electron chi connectivity index (χ1n) is 8.56. The minimum Gasteiger partial charge on any atom is -0.276 e. The van der Waals surface area contributed by atoms with Crippen LogP contribution in [0, 0.1) is 0 Å². The molecule has 0 aliphatic heterocycles. The third kappa shape index (κ3) is 8.63. The monoisotopic (exact) mass is 418 g/mol. The maximum Gasteiger partial charge on any atom is 0.253 e. The van der Waals surface area contributed by atoms with Crippen LogP contribution in [0.15, 0.2) is 72.8 Å². The highest BCUT2D eigenvalue weighted by molar-refractivity contribution is 6.68. The zero-order chi connectivity index (χ0) is 21.2. The van der Waals surface area contributed by atoms with Crippen molar-refractivity contribution >= 4 is 44.5 Å². The smallest absolute Gasteiger partial charge is 0.253 e. The molecule has 28 heavy (non-hydrogen) atoms. The molecule has 0 amide bonds. The van der Waals surface area contributed by atoms with Gasteiger partial charge in [0.15, 0.2) is 0 Å². The second kappa shape index (κ2) is 11.6. The first kappa shape index (κ1) is 23.8. The Hall–Kier alpha value is -2.24. The Kier molecular flexibility index (Phi) is 9.83. The lowest BCUT2D eigenvalue weighted by atomic mass is 10.1. The molecular weight excluding hydrogens is 395 g/mol. The van der Waals surface area contributed by atoms with Crippen molar-refractivity contribution in [1.82, 2.24) is 5.43 Å². The first-order valence-corrected chi connectivity index (χ1v) is 9.31. The molecule has 0 bridgehead atoms. The summed E-state index contributed by atoms with van der Waals surface area (Å²) in [4.78, 5) is 21.4. The normalized spacial score (nSPS) is 10.2. The Labute approximate surface area is 175 Å². The molecule has 0 spiro atoms. The number of carbonyl (C=O) groups excluding carboxylic acids is 2. The molecule has 3 aromatic carbocycles. The van der Waals surface area contributed by atoms with Crippen LogP contribution in [0.5, 0.6) is 0 Å². The second-order valence-electron chi connectivity index (χ2n) is 6.83. The Morgan fingerprint density at radius 2 is 1.29 bits per heavy atom. The summed E-state index contributed by atoms with van der Waals surface area (Å²) in [6, 6.07) is 21.9. The van der Waals surface area contributed by atoms with E-state index in [1.165, 1.54) is 0 Å². The number of fused-ring (bicyclic) bond motifs is 1. The predicted octanol–water partition coefficient (Wildman–Crippen LogP) is 5.53. The number of hydrogen-bond acceptors (Lipinski definition) is 4. The highest BCUT2D eigenvalue weighted by Gasteiger charge is 2.05. The van der Waals surface area contributed by atoms with Gasteiger partial charge < -0.3 is 0 Å². The van der Waals surface area contributed by atoms with Crippen molar-refractivity contribution in [1.29, 1.82) is 0 Å². The highest BCUT2D eigenvalue weighted by atomic mass is 35.5. The minimum absolute atomic E-state index is 0.0694. The lowest BCUT2D eigenvalue weighted by Gasteiger charge is -2.14. The minimum atomic E-state index is -0.407. The van der Waals surface area contributed by atoms with Gasteiger partial charge in [-0.1, -0.05) is 66.7 Å². The topological polar surface area (TPSA) is 72.2 Å². The van der Waals surface area contributed by atoms with Crippen LogP contribution in [0.3, 0.4) is 0 Å². The van der Waals surface area contributed by atoms with Gasteiger partial charge >= 0.3 is 0 Å². The van der Waals surface area contributed by atoms with E-state index in [1.54, 1.807) is 30.3 Å². The summed E-state index contributed by atoms with van der Waals surface area (Å²) in [5.74, 6) is 5.06. The van der Waals surface area contributed by atoms with Crippen molar-refractivity contribution in [2.45, 2.75) is 26.3 Å². The van der Waals surface area contributed by atoms with Crippen LogP contribution in [0.1, 0.15) is 41.5 Å². The first-order chi connectivity index (χ1) is 13.2. The van der Waals surface area contributed by atoms with E-state index in [1.807, 2.05) is 63.2 Å². The standard InChI is InChI=1S/C11H7ClO.C7H5ClO.C4H12N2/c12-11(13)10-7-3-5-8-4-1-2-6-9(8)10;8-7(9)6-4-2-1-3-5-6;1-4(2,3)6-5/h1-7H;1-5H;6H,5H2,1-3H3. The molecule has 0 aliphatic carbocycles. The van der Waals surface area contributed by atoms with E-state index < -0.39 is 10.5 Å². The van der Waals surface area contributed by atoms with E-state index in [0.29, 0.717) is 11.1 Å². The van der Waals surface area contributed by atoms with Gasteiger partial charge in [0.25, 0.3) is 10.5 Å². The van der Waals surface area contributed by atoms with Crippen molar-refractivity contribution in [2.24, 2.45) is 5.84 Å². The highest BCUT2D eigenvalue weighted by Crippen LogP contribution is 2.19. The zero-order valence-electron chi connectivity index (χ0n) is 16.1. The van der Waals surface area contributed by atoms with E-state index in [9.17, 15) is 9.59 Å². The number of hydrogen-bond donors (Lipinski definition) is 2. The molecule has 0 heterocycles. The lowest BCUT2D eigenvalue weighted by molar-refractivity contribution is 0.107. The van der Waals surface area contributed by atoms with Crippen molar-refractivity contribution < 1.29 is 9.59 Å². The average Bonchev–Trinajstić information content (AvgIpc) is 2.68. The largest absolute Gasteiger partial charge is 0.276 e. The molecule has 0 aliphatic rings. The molecule has 0 aromatic heterocycles. The summed E-state index contributed by atoms with van der Waals surface area (Å²) in [5, 5.41) is 1.13. The van der Waals surface area contributed by atoms with Crippen molar-refractivity contribution in [2.75, 3.05) is 0 Å². The molecule has 0 fully saturated rings. The maximum atomic E-state index is 11.0. The van der Waals surface area contributed by atoms with Crippen LogP contribution >= 0.6 is 23.2 Å². The summed E-state index contributed by atoms with van der Waals surface area (Å²) >= 11 is 10.6. The van der Waals surface area contributed by atoms with Gasteiger partial charge in [-0.25, -0.2) is 0 Å². The molecule has 6 heteroatoms. The summed E-state index contributed by atoms with van der Waals surface area (Å²) in [6.45, 7) is 6.02. The Morgan fingerprint density at radius 3 is 1.75 bits per heavy atom. The molecule has 4 nitrogen and oxygen atoms in total. The third-order valence-electron chi connectivity index (χ3n) is 3.44. The number of rotatable bonds is 2. The summed E-state index contributed by atoms with van der Waals surface area (Å²) < 4.78 is 0. The van der Waals surface area contributed by atoms with Crippen molar-refractivity contribution in [3.63, 3.8) is 0 Å². The molecule has 3 N–H and O–H groups in total. The van der Waals surface area contributed by atoms with Gasteiger partial charge in [-0.15, -0.1) is 0 Å². The Morgan fingerprint density at radius 1 is 0.786 bits per heavy atom. The van der Waals surface area contributed by atoms with Gasteiger partial charge in [0, 0.05) is 16.7 Å². The Bertz CT molecular complexity index is 902. The molecule has 0 saturated carbocycles. The molecule has 0 unspecified atom stereocenters. The predicted molar refractivity (Wildman–Crippen MR) is 118 cm³/mol. The van der Waals surface area contributed by atoms with Crippen molar-refractivity contribution in [3.05, 3.63) is 83.9 Å². The van der Waals surface area contributed by atoms with Gasteiger partial charge in [-0.2, -0.15) is 0 Å². The molecule has 0 atom stereocenters. The van der Waals surface area contributed by atoms with Crippen LogP contribution in [0.25, 0.3) is 10.8 Å². The molecule has 3 rings (SSSR count). The number of halogens is 2. The number of hydrazine groups is 1. The fourth-order valence-corrected chi connectivity index (χ4v) is 2.26. The number of carbonyl (C=O) groups is 2. The summed E-state index contributed by atoms with van der Waals surface area (Å²) in [6.07, 6.45) is 0. The van der Waals surface area contributed by atoms with E-state index in [-0.39, 0.29) is 5.54 Å². The number of benzene rings is 3. The Balaban J connectivity index is 0.000000229. The fraction of sp³-hybridized carbons (Fsp3) is 0.182. The number of nitrogens with one attached hydrogen (secondary N) is 1. The fourth-order valence-electron chi connectivity index (χ4n) is 1.97. The number of nitrogens with two attached hydrogens (primary N) is 1. The molecule has 0 saturated heterocycles. The second-order valence-corrected chi connectivity index (χ2v) is 7.52. The van der Waals surface area contributed by atoms with Gasteiger partial charge in [0.05, 0.1) is 0 Å². The summed E-state index contributed by atoms with van der Waals surface area (Å²) in [5.41, 5.74) is 3.78. The molecule has 0 radical (unpaired) electrons. The van der Waals surface area contributed by atoms with Crippen LogP contribution in [0.4, 0.5) is 0 Å². The maximum absolute atomic E-state index is 11.0. The van der Waals surface area contributed by atoms with Crippen molar-refractivity contribution in [3.8, 4) is 0 Å². The van der Waals surface area contributed by atoms with Gasteiger partial charge in [0.1, 0.15) is 0 Å². The molecule has 148 valence electrons. The van der Waals surface area contributed by atoms with Crippen LogP contribution < -0.4 is 11.3 Å². The quantitative estimate of drug-likeness (QED) is 0.325. The van der Waals surface area contributed by atoms with Crippen LogP contribution in [0.2, 0.25) is 0 Å². The van der Waals surface area contributed by atoms with Gasteiger partial charge in [-0.3, -0.25) is 20.9 Å². The van der Waals surface area contributed by atoms with E-state index in [0.717, 1.165) is 10.8 Å². The van der Waals surface area contributed by atoms with E-state index in [2.05, 4.69) is 5.43 Å². The third-order valence-corrected chi connectivity index (χ3v) is 3.86. The zero-order valence-corrected chi connectivity index (χ0v) is 17.6. The lowest BCUT2D eigenvalue weighted by Crippen LogP contribution is -2.41. The van der Waals surface area contributed by atoms with Gasteiger partial charge in [0.2, 0.25) is 0 Å². The van der Waals surface area contributed by atoms with Crippen LogP contribution in [-0.2, 0) is 0 Å². The SMILES string of the molecule is CC(C)(C)NN.O=C(Cl)c1cccc2ccccc12.O=C(Cl)c1ccccc1. The van der Waals surface area contributed by atoms with E-state index >= 15 is 0 Å². The molecular formula is C22H24Cl2N2O2. The average molecular weight is 419 g/mol. The molecule has 3 aromatic rings. The van der Waals surface area contributed by atoms with Crippen LogP contribution in [-0.4, -0.2) is 16.0 Å².